The highest BCUT2D eigenvalue weighted by Crippen LogP contribution is 2.39. The third kappa shape index (κ3) is 4.24. The summed E-state index contributed by atoms with van der Waals surface area (Å²) in [5.74, 6) is 1.08. The highest BCUT2D eigenvalue weighted by molar-refractivity contribution is 5.46. The lowest BCUT2D eigenvalue weighted by Crippen LogP contribution is -2.49. The van der Waals surface area contributed by atoms with Crippen LogP contribution in [0.15, 0.2) is 0 Å². The van der Waals surface area contributed by atoms with Crippen LogP contribution in [0.1, 0.15) is 64.2 Å². The zero-order valence-corrected chi connectivity index (χ0v) is 17.6. The van der Waals surface area contributed by atoms with Crippen molar-refractivity contribution in [2.75, 3.05) is 0 Å². The van der Waals surface area contributed by atoms with Crippen molar-refractivity contribution in [1.29, 1.82) is 0 Å². The Labute approximate surface area is 178 Å². The molecule has 8 nitrogen and oxygen atoms in total. The average Bonchev–Trinajstić information content (AvgIpc) is 3.36. The molecule has 0 spiro atoms. The second-order valence-electron chi connectivity index (χ2n) is 10.0. The number of fused-ring (bicyclic) bond motifs is 2. The lowest BCUT2D eigenvalue weighted by atomic mass is 9.84. The molecule has 5 fully saturated rings. The SMILES string of the molecule is O=CNC1CCC(C2NC3CC4OC(C5CCC(NC=O)CC5)NC4CC3O2)CC1. The van der Waals surface area contributed by atoms with Gasteiger partial charge in [0.2, 0.25) is 12.8 Å². The minimum absolute atomic E-state index is 0.146. The van der Waals surface area contributed by atoms with Crippen LogP contribution in [0.3, 0.4) is 0 Å². The Bertz CT molecular complexity index is 534. The van der Waals surface area contributed by atoms with Crippen molar-refractivity contribution in [3.8, 4) is 0 Å². The fraction of sp³-hybridized carbons (Fsp3) is 0.909. The minimum Gasteiger partial charge on any atom is -0.358 e. The fourth-order valence-corrected chi connectivity index (χ4v) is 6.53. The van der Waals surface area contributed by atoms with Crippen LogP contribution >= 0.6 is 0 Å². The lowest BCUT2D eigenvalue weighted by Gasteiger charge is -2.32. The van der Waals surface area contributed by atoms with Gasteiger partial charge >= 0.3 is 0 Å². The molecule has 5 rings (SSSR count). The minimum atomic E-state index is 0.146. The molecular weight excluding hydrogens is 384 g/mol. The van der Waals surface area contributed by atoms with E-state index in [-0.39, 0.29) is 24.7 Å². The molecule has 5 aliphatic rings. The zero-order chi connectivity index (χ0) is 20.5. The van der Waals surface area contributed by atoms with E-state index in [1.807, 2.05) is 0 Å². The van der Waals surface area contributed by atoms with Gasteiger partial charge in [0.25, 0.3) is 0 Å². The van der Waals surface area contributed by atoms with Crippen LogP contribution in [0, 0.1) is 11.8 Å². The summed E-state index contributed by atoms with van der Waals surface area (Å²) in [5, 5.41) is 13.4. The lowest BCUT2D eigenvalue weighted by molar-refractivity contribution is -0.111. The normalized spacial score (nSPS) is 48.4. The number of hydrogen-bond acceptors (Lipinski definition) is 6. The molecule has 0 aromatic carbocycles. The number of ether oxygens (including phenoxy) is 2. The van der Waals surface area contributed by atoms with Gasteiger partial charge in [-0.25, -0.2) is 0 Å². The predicted octanol–water partition coefficient (Wildman–Crippen LogP) is 0.756. The standard InChI is InChI=1S/C22H36N4O4/c27-11-23-15-5-1-13(2-6-15)21-25-17-9-20-18(10-19(17)29-21)26-22(30-20)14-3-7-16(8-4-14)24-12-28/h11-22,25-26H,1-10H2,(H,23,27)(H,24,28). The highest BCUT2D eigenvalue weighted by atomic mass is 16.5. The van der Waals surface area contributed by atoms with Crippen molar-refractivity contribution in [3.63, 3.8) is 0 Å². The van der Waals surface area contributed by atoms with E-state index in [4.69, 9.17) is 9.47 Å². The van der Waals surface area contributed by atoms with Gasteiger partial charge in [-0.2, -0.15) is 0 Å². The smallest absolute Gasteiger partial charge is 0.207 e. The second-order valence-corrected chi connectivity index (χ2v) is 10.0. The van der Waals surface area contributed by atoms with Gasteiger partial charge in [-0.05, 0) is 76.0 Å². The number of hydrogen-bond donors (Lipinski definition) is 4. The van der Waals surface area contributed by atoms with Crippen LogP contribution in [-0.4, -0.2) is 61.7 Å². The Morgan fingerprint density at radius 2 is 1.03 bits per heavy atom. The molecule has 3 saturated carbocycles. The molecule has 0 aromatic rings. The van der Waals surface area contributed by atoms with E-state index in [1.165, 1.54) is 0 Å². The average molecular weight is 421 g/mol. The van der Waals surface area contributed by atoms with Crippen molar-refractivity contribution in [3.05, 3.63) is 0 Å². The Hall–Kier alpha value is -1.22. The summed E-state index contributed by atoms with van der Waals surface area (Å²) in [6.07, 6.45) is 13.1. The van der Waals surface area contributed by atoms with Crippen LogP contribution in [0.2, 0.25) is 0 Å². The number of nitrogens with one attached hydrogen (secondary N) is 4. The molecule has 2 aliphatic heterocycles. The Morgan fingerprint density at radius 3 is 1.40 bits per heavy atom. The Kier molecular flexibility index (Phi) is 6.27. The van der Waals surface area contributed by atoms with Crippen molar-refractivity contribution < 1.29 is 19.1 Å². The van der Waals surface area contributed by atoms with Gasteiger partial charge in [0.1, 0.15) is 12.5 Å². The Balaban J connectivity index is 1.09. The zero-order valence-electron chi connectivity index (χ0n) is 17.6. The summed E-state index contributed by atoms with van der Waals surface area (Å²) >= 11 is 0. The molecule has 6 atom stereocenters. The van der Waals surface area contributed by atoms with Crippen molar-refractivity contribution >= 4 is 12.8 Å². The van der Waals surface area contributed by atoms with Gasteiger partial charge in [0.15, 0.2) is 0 Å². The topological polar surface area (TPSA) is 101 Å². The van der Waals surface area contributed by atoms with Gasteiger partial charge < -0.3 is 20.1 Å². The first-order valence-electron chi connectivity index (χ1n) is 12.0. The molecular formula is C22H36N4O4. The molecule has 2 amide bonds. The largest absolute Gasteiger partial charge is 0.358 e. The van der Waals surface area contributed by atoms with E-state index in [1.54, 1.807) is 0 Å². The van der Waals surface area contributed by atoms with Gasteiger partial charge in [-0.1, -0.05) is 0 Å². The van der Waals surface area contributed by atoms with Crippen molar-refractivity contribution in [1.82, 2.24) is 21.3 Å². The quantitative estimate of drug-likeness (QED) is 0.474. The second kappa shape index (κ2) is 9.10. The third-order valence-electron chi connectivity index (χ3n) is 8.28. The van der Waals surface area contributed by atoms with Crippen LogP contribution < -0.4 is 21.3 Å². The maximum atomic E-state index is 10.7. The summed E-state index contributed by atoms with van der Waals surface area (Å²) in [7, 11) is 0. The summed E-state index contributed by atoms with van der Waals surface area (Å²) in [5.41, 5.74) is 0. The van der Waals surface area contributed by atoms with Gasteiger partial charge in [-0.15, -0.1) is 0 Å². The molecule has 168 valence electrons. The highest BCUT2D eigenvalue weighted by Gasteiger charge is 2.50. The maximum Gasteiger partial charge on any atom is 0.207 e. The van der Waals surface area contributed by atoms with Gasteiger partial charge in [0.05, 0.1) is 12.2 Å². The summed E-state index contributed by atoms with van der Waals surface area (Å²) < 4.78 is 13.0. The van der Waals surface area contributed by atoms with E-state index in [2.05, 4.69) is 21.3 Å². The molecule has 8 heteroatoms. The van der Waals surface area contributed by atoms with Crippen LogP contribution in [0.5, 0.6) is 0 Å². The summed E-state index contributed by atoms with van der Waals surface area (Å²) in [6.45, 7) is 0. The number of carbonyl (C=O) groups excluding carboxylic acids is 2. The monoisotopic (exact) mass is 420 g/mol. The first-order valence-corrected chi connectivity index (χ1v) is 12.0. The van der Waals surface area contributed by atoms with E-state index < -0.39 is 0 Å². The first-order chi connectivity index (χ1) is 14.7. The predicted molar refractivity (Wildman–Crippen MR) is 110 cm³/mol. The molecule has 3 aliphatic carbocycles. The van der Waals surface area contributed by atoms with Crippen LogP contribution in [0.25, 0.3) is 0 Å². The molecule has 0 radical (unpaired) electrons. The van der Waals surface area contributed by atoms with Gasteiger partial charge in [0, 0.05) is 24.2 Å². The molecule has 4 N–H and O–H groups in total. The van der Waals surface area contributed by atoms with Crippen LogP contribution in [-0.2, 0) is 19.1 Å². The molecule has 0 aromatic heterocycles. The summed E-state index contributed by atoms with van der Waals surface area (Å²) in [6, 6.07) is 1.44. The van der Waals surface area contributed by atoms with E-state index in [0.29, 0.717) is 36.0 Å². The Morgan fingerprint density at radius 1 is 0.633 bits per heavy atom. The first kappa shape index (κ1) is 20.7. The summed E-state index contributed by atoms with van der Waals surface area (Å²) in [4.78, 5) is 21.3. The van der Waals surface area contributed by atoms with E-state index >= 15 is 0 Å². The van der Waals surface area contributed by atoms with E-state index in [9.17, 15) is 9.59 Å². The van der Waals surface area contributed by atoms with Crippen molar-refractivity contribution in [2.45, 2.75) is 113 Å². The number of rotatable bonds is 6. The molecule has 0 bridgehead atoms. The maximum absolute atomic E-state index is 10.7. The molecule has 30 heavy (non-hydrogen) atoms. The van der Waals surface area contributed by atoms with Crippen molar-refractivity contribution in [2.24, 2.45) is 11.8 Å². The molecule has 2 heterocycles. The van der Waals surface area contributed by atoms with Gasteiger partial charge in [-0.3, -0.25) is 20.2 Å². The number of carbonyl (C=O) groups is 2. The van der Waals surface area contributed by atoms with Crippen LogP contribution in [0.4, 0.5) is 0 Å². The number of amides is 2. The molecule has 6 unspecified atom stereocenters. The fourth-order valence-electron chi connectivity index (χ4n) is 6.53. The van der Waals surface area contributed by atoms with E-state index in [0.717, 1.165) is 77.0 Å². The molecule has 2 saturated heterocycles. The third-order valence-corrected chi connectivity index (χ3v) is 8.28.